The van der Waals surface area contributed by atoms with Gasteiger partial charge >= 0.3 is 5.97 Å². The van der Waals surface area contributed by atoms with Gasteiger partial charge in [0.05, 0.1) is 11.6 Å². The van der Waals surface area contributed by atoms with Crippen molar-refractivity contribution in [1.29, 1.82) is 0 Å². The molecule has 1 aromatic heterocycles. The van der Waals surface area contributed by atoms with Crippen LogP contribution in [-0.2, 0) is 9.53 Å². The van der Waals surface area contributed by atoms with Gasteiger partial charge in [0, 0.05) is 12.5 Å². The van der Waals surface area contributed by atoms with Crippen molar-refractivity contribution in [2.75, 3.05) is 6.61 Å². The van der Waals surface area contributed by atoms with E-state index in [0.29, 0.717) is 5.56 Å². The molecule has 1 rings (SSSR count). The summed E-state index contributed by atoms with van der Waals surface area (Å²) in [6.45, 7) is 7.92. The predicted molar refractivity (Wildman–Crippen MR) is 77.1 cm³/mol. The van der Waals surface area contributed by atoms with Gasteiger partial charge < -0.3 is 14.3 Å². The van der Waals surface area contributed by atoms with Crippen molar-refractivity contribution in [2.24, 2.45) is 0 Å². The van der Waals surface area contributed by atoms with Crippen molar-refractivity contribution >= 4 is 19.4 Å². The zero-order valence-electron chi connectivity index (χ0n) is 12.2. The number of aliphatic hydroxyl groups excluding tert-OH is 1. The smallest absolute Gasteiger partial charge is 0.302 e. The molecule has 0 bridgehead atoms. The van der Waals surface area contributed by atoms with Gasteiger partial charge in [-0.15, -0.1) is 0 Å². The third-order valence-corrected chi connectivity index (χ3v) is 9.37. The van der Waals surface area contributed by atoms with Crippen LogP contribution in [0.15, 0.2) is 16.7 Å². The second kappa shape index (κ2) is 6.91. The number of aliphatic hydroxyl groups is 1. The summed E-state index contributed by atoms with van der Waals surface area (Å²) in [7, 11) is -1.55. The molecule has 0 fully saturated rings. The van der Waals surface area contributed by atoms with Crippen LogP contribution in [0.25, 0.3) is 0 Å². The first kappa shape index (κ1) is 16.0. The Morgan fingerprint density at radius 1 is 1.37 bits per heavy atom. The molecule has 5 heteroatoms. The molecule has 0 saturated heterocycles. The third-order valence-electron chi connectivity index (χ3n) is 4.00. The van der Waals surface area contributed by atoms with E-state index in [9.17, 15) is 9.90 Å². The fourth-order valence-corrected chi connectivity index (χ4v) is 5.70. The van der Waals surface area contributed by atoms with Crippen molar-refractivity contribution in [3.63, 3.8) is 0 Å². The minimum atomic E-state index is -1.55. The second-order valence-corrected chi connectivity index (χ2v) is 10.1. The Hall–Kier alpha value is -1.07. The normalized spacial score (nSPS) is 13.3. The van der Waals surface area contributed by atoms with Gasteiger partial charge in [0.25, 0.3) is 0 Å². The minimum Gasteiger partial charge on any atom is -0.474 e. The standard InChI is InChI=1S/C14H24O4Si/c1-5-19(6-2,7-3)14-8-12(9-18-14)13(16)10-17-11(4)15/h8-9,13,16H,5-7,10H2,1-4H3. The zero-order chi connectivity index (χ0) is 14.5. The van der Waals surface area contributed by atoms with Crippen LogP contribution < -0.4 is 5.38 Å². The second-order valence-electron chi connectivity index (χ2n) is 4.90. The highest BCUT2D eigenvalue weighted by Crippen LogP contribution is 2.23. The van der Waals surface area contributed by atoms with Crippen molar-refractivity contribution < 1.29 is 19.1 Å². The topological polar surface area (TPSA) is 59.7 Å². The Balaban J connectivity index is 2.83. The lowest BCUT2D eigenvalue weighted by Gasteiger charge is -2.24. The van der Waals surface area contributed by atoms with E-state index in [2.05, 4.69) is 20.8 Å². The molecule has 0 amide bonds. The van der Waals surface area contributed by atoms with Crippen molar-refractivity contribution in [3.05, 3.63) is 17.9 Å². The van der Waals surface area contributed by atoms with Crippen molar-refractivity contribution in [3.8, 4) is 0 Å². The average molecular weight is 284 g/mol. The predicted octanol–water partition coefficient (Wildman–Crippen LogP) is 2.59. The molecule has 108 valence electrons. The molecule has 1 atom stereocenters. The molecule has 0 saturated carbocycles. The Bertz CT molecular complexity index is 401. The van der Waals surface area contributed by atoms with E-state index in [1.807, 2.05) is 6.07 Å². The fraction of sp³-hybridized carbons (Fsp3) is 0.643. The van der Waals surface area contributed by atoms with E-state index in [1.165, 1.54) is 6.92 Å². The van der Waals surface area contributed by atoms with Crippen LogP contribution in [0.2, 0.25) is 18.1 Å². The molecule has 0 aromatic carbocycles. The first-order valence-corrected chi connectivity index (χ1v) is 9.51. The number of hydrogen-bond acceptors (Lipinski definition) is 4. The maximum absolute atomic E-state index is 10.7. The number of carbonyl (C=O) groups excluding carboxylic acids is 1. The van der Waals surface area contributed by atoms with Gasteiger partial charge in [-0.3, -0.25) is 4.79 Å². The molecule has 0 radical (unpaired) electrons. The summed E-state index contributed by atoms with van der Waals surface area (Å²) < 4.78 is 10.5. The number of ether oxygens (including phenoxy) is 1. The van der Waals surface area contributed by atoms with Crippen LogP contribution in [0.4, 0.5) is 0 Å². The molecule has 0 spiro atoms. The van der Waals surface area contributed by atoms with Gasteiger partial charge in [-0.2, -0.15) is 0 Å². The Labute approximate surface area is 115 Å². The third kappa shape index (κ3) is 3.70. The molecule has 0 aliphatic heterocycles. The first-order valence-electron chi connectivity index (χ1n) is 6.89. The van der Waals surface area contributed by atoms with Gasteiger partial charge in [-0.05, 0) is 6.07 Å². The lowest BCUT2D eigenvalue weighted by molar-refractivity contribution is -0.144. The quantitative estimate of drug-likeness (QED) is 0.617. The van der Waals surface area contributed by atoms with Gasteiger partial charge in [0.15, 0.2) is 0 Å². The summed E-state index contributed by atoms with van der Waals surface area (Å²) in [4.78, 5) is 10.7. The minimum absolute atomic E-state index is 0.0206. The lowest BCUT2D eigenvalue weighted by Crippen LogP contribution is -2.44. The molecule has 0 aliphatic carbocycles. The highest BCUT2D eigenvalue weighted by atomic mass is 28.3. The number of esters is 1. The van der Waals surface area contributed by atoms with E-state index >= 15 is 0 Å². The molecule has 19 heavy (non-hydrogen) atoms. The molecular weight excluding hydrogens is 260 g/mol. The van der Waals surface area contributed by atoms with E-state index in [4.69, 9.17) is 9.15 Å². The Kier molecular flexibility index (Phi) is 5.81. The highest BCUT2D eigenvalue weighted by Gasteiger charge is 2.33. The van der Waals surface area contributed by atoms with Crippen LogP contribution in [0, 0.1) is 0 Å². The number of carbonyl (C=O) groups is 1. The molecule has 1 unspecified atom stereocenters. The zero-order valence-corrected chi connectivity index (χ0v) is 13.2. The molecule has 1 N–H and O–H groups in total. The molecule has 4 nitrogen and oxygen atoms in total. The molecular formula is C14H24O4Si. The first-order chi connectivity index (χ1) is 8.99. The number of rotatable bonds is 7. The molecule has 0 aliphatic rings. The SMILES string of the molecule is CC[Si](CC)(CC)c1cc(C(O)COC(C)=O)co1. The average Bonchev–Trinajstić information content (AvgIpc) is 2.89. The molecule has 1 heterocycles. The number of furan rings is 1. The molecule has 1 aromatic rings. The summed E-state index contributed by atoms with van der Waals surface area (Å²) in [5.41, 5.74) is 0.698. The monoisotopic (exact) mass is 284 g/mol. The van der Waals surface area contributed by atoms with E-state index < -0.39 is 14.2 Å². The van der Waals surface area contributed by atoms with Crippen LogP contribution in [0.3, 0.4) is 0 Å². The number of hydrogen-bond donors (Lipinski definition) is 1. The van der Waals surface area contributed by atoms with Gasteiger partial charge in [-0.1, -0.05) is 38.9 Å². The summed E-state index contributed by atoms with van der Waals surface area (Å²) in [5, 5.41) is 11.0. The van der Waals surface area contributed by atoms with Crippen LogP contribution in [0.5, 0.6) is 0 Å². The van der Waals surface area contributed by atoms with E-state index in [1.54, 1.807) is 6.26 Å². The summed E-state index contributed by atoms with van der Waals surface area (Å²) in [6, 6.07) is 5.34. The van der Waals surface area contributed by atoms with Crippen LogP contribution >= 0.6 is 0 Å². The highest BCUT2D eigenvalue weighted by molar-refractivity contribution is 6.90. The van der Waals surface area contributed by atoms with E-state index in [-0.39, 0.29) is 12.6 Å². The maximum Gasteiger partial charge on any atom is 0.302 e. The Morgan fingerprint density at radius 2 is 1.95 bits per heavy atom. The van der Waals surface area contributed by atoms with Gasteiger partial charge in [-0.25, -0.2) is 0 Å². The van der Waals surface area contributed by atoms with Gasteiger partial charge in [0.2, 0.25) is 0 Å². The van der Waals surface area contributed by atoms with Crippen molar-refractivity contribution in [1.82, 2.24) is 0 Å². The van der Waals surface area contributed by atoms with Crippen LogP contribution in [-0.4, -0.2) is 25.8 Å². The summed E-state index contributed by atoms with van der Waals surface area (Å²) in [6.07, 6.45) is 0.783. The largest absolute Gasteiger partial charge is 0.474 e. The summed E-state index contributed by atoms with van der Waals surface area (Å²) >= 11 is 0. The Morgan fingerprint density at radius 3 is 2.42 bits per heavy atom. The van der Waals surface area contributed by atoms with E-state index in [0.717, 1.165) is 23.5 Å². The fourth-order valence-electron chi connectivity index (χ4n) is 2.37. The lowest BCUT2D eigenvalue weighted by atomic mass is 10.2. The summed E-state index contributed by atoms with van der Waals surface area (Å²) in [5.74, 6) is -0.387. The van der Waals surface area contributed by atoms with Crippen LogP contribution in [0.1, 0.15) is 39.4 Å². The maximum atomic E-state index is 10.7. The van der Waals surface area contributed by atoms with Crippen molar-refractivity contribution in [2.45, 2.75) is 51.9 Å². The van der Waals surface area contributed by atoms with Gasteiger partial charge in [0.1, 0.15) is 20.8 Å².